The van der Waals surface area contributed by atoms with Crippen LogP contribution in [0.25, 0.3) is 0 Å². The Morgan fingerprint density at radius 3 is 2.69 bits per heavy atom. The molecule has 1 aliphatic heterocycles. The standard InChI is InChI=1S/C17H19FN2O4S2/c18-13-3-1-4-15(11-13)24-12-16(21)20-8-6-14(7-9-20)19-26(22,23)17-5-2-10-25-17/h1-5,10-11,14,19H,6-9,12H2. The van der Waals surface area contributed by atoms with Gasteiger partial charge >= 0.3 is 0 Å². The zero-order valence-electron chi connectivity index (χ0n) is 13.9. The van der Waals surface area contributed by atoms with Crippen LogP contribution in [-0.2, 0) is 14.8 Å². The summed E-state index contributed by atoms with van der Waals surface area (Å²) in [6.45, 7) is 0.723. The Bertz CT molecular complexity index is 847. The van der Waals surface area contributed by atoms with E-state index in [0.717, 1.165) is 0 Å². The van der Waals surface area contributed by atoms with E-state index in [1.54, 1.807) is 28.5 Å². The van der Waals surface area contributed by atoms with Crippen molar-refractivity contribution in [2.24, 2.45) is 0 Å². The van der Waals surface area contributed by atoms with Crippen LogP contribution in [0.1, 0.15) is 12.8 Å². The first kappa shape index (κ1) is 18.8. The van der Waals surface area contributed by atoms with Gasteiger partial charge in [-0.05, 0) is 36.4 Å². The van der Waals surface area contributed by atoms with E-state index in [-0.39, 0.29) is 18.6 Å². The van der Waals surface area contributed by atoms with E-state index in [1.165, 1.54) is 29.5 Å². The minimum Gasteiger partial charge on any atom is -0.484 e. The van der Waals surface area contributed by atoms with Gasteiger partial charge in [-0.2, -0.15) is 0 Å². The third-order valence-corrected chi connectivity index (χ3v) is 7.01. The van der Waals surface area contributed by atoms with Crippen molar-refractivity contribution in [2.45, 2.75) is 23.1 Å². The molecule has 0 aliphatic carbocycles. The molecule has 1 aromatic carbocycles. The van der Waals surface area contributed by atoms with Crippen molar-refractivity contribution < 1.29 is 22.3 Å². The van der Waals surface area contributed by atoms with Crippen LogP contribution in [-0.4, -0.2) is 45.0 Å². The van der Waals surface area contributed by atoms with E-state index in [9.17, 15) is 17.6 Å². The number of sulfonamides is 1. The van der Waals surface area contributed by atoms with Crippen molar-refractivity contribution >= 4 is 27.3 Å². The van der Waals surface area contributed by atoms with E-state index in [2.05, 4.69) is 4.72 Å². The van der Waals surface area contributed by atoms with Gasteiger partial charge in [-0.15, -0.1) is 11.3 Å². The SMILES string of the molecule is O=C(COc1cccc(F)c1)N1CCC(NS(=O)(=O)c2cccs2)CC1. The fraction of sp³-hybridized carbons (Fsp3) is 0.353. The number of carbonyl (C=O) groups excluding carboxylic acids is 1. The lowest BCUT2D eigenvalue weighted by Crippen LogP contribution is -2.47. The molecule has 0 atom stereocenters. The molecule has 6 nitrogen and oxygen atoms in total. The van der Waals surface area contributed by atoms with Gasteiger partial charge in [0.15, 0.2) is 6.61 Å². The van der Waals surface area contributed by atoms with Crippen LogP contribution in [0.3, 0.4) is 0 Å². The fourth-order valence-electron chi connectivity index (χ4n) is 2.73. The largest absolute Gasteiger partial charge is 0.484 e. The molecule has 1 amide bonds. The predicted octanol–water partition coefficient (Wildman–Crippen LogP) is 2.24. The molecule has 3 rings (SSSR count). The van der Waals surface area contributed by atoms with E-state index >= 15 is 0 Å². The number of ether oxygens (including phenoxy) is 1. The highest BCUT2D eigenvalue weighted by atomic mass is 32.2. The van der Waals surface area contributed by atoms with Gasteiger partial charge in [0.25, 0.3) is 5.91 Å². The number of piperidine rings is 1. The normalized spacial score (nSPS) is 15.8. The van der Waals surface area contributed by atoms with Crippen LogP contribution >= 0.6 is 11.3 Å². The number of rotatable bonds is 6. The number of halogens is 1. The van der Waals surface area contributed by atoms with E-state index < -0.39 is 15.8 Å². The number of amides is 1. The first-order chi connectivity index (χ1) is 12.4. The summed E-state index contributed by atoms with van der Waals surface area (Å²) in [5.74, 6) is -0.320. The molecule has 0 unspecified atom stereocenters. The lowest BCUT2D eigenvalue weighted by molar-refractivity contribution is -0.134. The third-order valence-electron chi connectivity index (χ3n) is 4.09. The Morgan fingerprint density at radius 2 is 2.04 bits per heavy atom. The molecule has 1 aromatic heterocycles. The van der Waals surface area contributed by atoms with Gasteiger partial charge in [-0.1, -0.05) is 12.1 Å². The number of benzene rings is 1. The number of hydrogen-bond donors (Lipinski definition) is 1. The number of hydrogen-bond acceptors (Lipinski definition) is 5. The van der Waals surface area contributed by atoms with Crippen LogP contribution < -0.4 is 9.46 Å². The Balaban J connectivity index is 1.46. The van der Waals surface area contributed by atoms with Crippen molar-refractivity contribution in [2.75, 3.05) is 19.7 Å². The quantitative estimate of drug-likeness (QED) is 0.810. The van der Waals surface area contributed by atoms with Gasteiger partial charge in [0.2, 0.25) is 10.0 Å². The van der Waals surface area contributed by atoms with Crippen LogP contribution in [0.5, 0.6) is 5.75 Å². The average Bonchev–Trinajstić information content (AvgIpc) is 3.16. The summed E-state index contributed by atoms with van der Waals surface area (Å²) in [5.41, 5.74) is 0. The van der Waals surface area contributed by atoms with Gasteiger partial charge < -0.3 is 9.64 Å². The Hall–Kier alpha value is -1.97. The van der Waals surface area contributed by atoms with E-state index in [4.69, 9.17) is 4.74 Å². The zero-order chi connectivity index (χ0) is 18.6. The van der Waals surface area contributed by atoms with Gasteiger partial charge in [-0.25, -0.2) is 17.5 Å². The Kier molecular flexibility index (Phi) is 5.90. The van der Waals surface area contributed by atoms with Crippen molar-refractivity contribution in [1.82, 2.24) is 9.62 Å². The monoisotopic (exact) mass is 398 g/mol. The van der Waals surface area contributed by atoms with Crippen LogP contribution in [0.2, 0.25) is 0 Å². The second-order valence-corrected chi connectivity index (χ2v) is 8.84. The zero-order valence-corrected chi connectivity index (χ0v) is 15.6. The molecule has 9 heteroatoms. The second-order valence-electron chi connectivity index (χ2n) is 5.95. The molecular weight excluding hydrogens is 379 g/mol. The van der Waals surface area contributed by atoms with Gasteiger partial charge in [0.05, 0.1) is 0 Å². The molecule has 140 valence electrons. The minimum atomic E-state index is -3.50. The summed E-state index contributed by atoms with van der Waals surface area (Å²) < 4.78 is 45.9. The summed E-state index contributed by atoms with van der Waals surface area (Å²) in [7, 11) is -3.50. The first-order valence-corrected chi connectivity index (χ1v) is 10.5. The molecule has 1 N–H and O–H groups in total. The van der Waals surface area contributed by atoms with Crippen molar-refractivity contribution in [3.05, 3.63) is 47.6 Å². The minimum absolute atomic E-state index is 0.172. The first-order valence-electron chi connectivity index (χ1n) is 8.16. The maximum Gasteiger partial charge on any atom is 0.260 e. The van der Waals surface area contributed by atoms with Crippen molar-refractivity contribution in [1.29, 1.82) is 0 Å². The lowest BCUT2D eigenvalue weighted by atomic mass is 10.1. The van der Waals surface area contributed by atoms with Crippen LogP contribution in [0.4, 0.5) is 4.39 Å². The highest BCUT2D eigenvalue weighted by Crippen LogP contribution is 2.19. The molecule has 0 spiro atoms. The maximum atomic E-state index is 13.1. The molecule has 0 radical (unpaired) electrons. The summed E-state index contributed by atoms with van der Waals surface area (Å²) in [4.78, 5) is 13.8. The summed E-state index contributed by atoms with van der Waals surface area (Å²) in [6, 6.07) is 8.68. The summed E-state index contributed by atoms with van der Waals surface area (Å²) in [5, 5.41) is 1.72. The molecular formula is C17H19FN2O4S2. The summed E-state index contributed by atoms with van der Waals surface area (Å²) in [6.07, 6.45) is 1.08. The fourth-order valence-corrected chi connectivity index (χ4v) is 5.05. The lowest BCUT2D eigenvalue weighted by Gasteiger charge is -2.32. The second kappa shape index (κ2) is 8.15. The molecule has 1 aliphatic rings. The average molecular weight is 398 g/mol. The summed E-state index contributed by atoms with van der Waals surface area (Å²) >= 11 is 1.17. The van der Waals surface area contributed by atoms with Crippen molar-refractivity contribution in [3.63, 3.8) is 0 Å². The number of thiophene rings is 1. The molecule has 1 saturated heterocycles. The molecule has 2 heterocycles. The molecule has 2 aromatic rings. The van der Waals surface area contributed by atoms with Crippen molar-refractivity contribution in [3.8, 4) is 5.75 Å². The van der Waals surface area contributed by atoms with Gasteiger partial charge in [0, 0.05) is 25.2 Å². The van der Waals surface area contributed by atoms with Crippen LogP contribution in [0.15, 0.2) is 46.0 Å². The van der Waals surface area contributed by atoms with E-state index in [0.29, 0.717) is 35.9 Å². The van der Waals surface area contributed by atoms with Gasteiger partial charge in [-0.3, -0.25) is 4.79 Å². The van der Waals surface area contributed by atoms with E-state index in [1.807, 2.05) is 0 Å². The smallest absolute Gasteiger partial charge is 0.260 e. The molecule has 0 saturated carbocycles. The Labute approximate surface area is 155 Å². The topological polar surface area (TPSA) is 75.7 Å². The predicted molar refractivity (Wildman–Crippen MR) is 96.1 cm³/mol. The Morgan fingerprint density at radius 1 is 1.27 bits per heavy atom. The van der Waals surface area contributed by atoms with Crippen LogP contribution in [0, 0.1) is 5.82 Å². The number of likely N-dealkylation sites (tertiary alicyclic amines) is 1. The number of nitrogens with one attached hydrogen (secondary N) is 1. The molecule has 26 heavy (non-hydrogen) atoms. The highest BCUT2D eigenvalue weighted by molar-refractivity contribution is 7.91. The maximum absolute atomic E-state index is 13.1. The number of carbonyl (C=O) groups is 1. The molecule has 1 fully saturated rings. The van der Waals surface area contributed by atoms with Gasteiger partial charge in [0.1, 0.15) is 15.8 Å². The number of nitrogens with zero attached hydrogens (tertiary/aromatic N) is 1. The third kappa shape index (κ3) is 4.80. The highest BCUT2D eigenvalue weighted by Gasteiger charge is 2.27. The molecule has 0 bridgehead atoms.